The first-order chi connectivity index (χ1) is 6.57. The fourth-order valence-corrected chi connectivity index (χ4v) is 0.532. The number of carboxylic acids is 1. The number of carboxylic acid groups (broad SMARTS) is 1. The van der Waals surface area contributed by atoms with E-state index < -0.39 is 5.97 Å². The summed E-state index contributed by atoms with van der Waals surface area (Å²) < 4.78 is 0. The van der Waals surface area contributed by atoms with Crippen molar-refractivity contribution < 1.29 is 14.7 Å². The van der Waals surface area contributed by atoms with Crippen molar-refractivity contribution in [3.05, 3.63) is 48.0 Å². The van der Waals surface area contributed by atoms with Gasteiger partial charge < -0.3 is 5.11 Å². The van der Waals surface area contributed by atoms with Gasteiger partial charge in [0.2, 0.25) is 0 Å². The molecule has 0 aliphatic heterocycles. The number of benzene rings is 1. The number of aldehydes is 1. The first kappa shape index (κ1) is 12.1. The van der Waals surface area contributed by atoms with Gasteiger partial charge in [-0.25, -0.2) is 4.79 Å². The van der Waals surface area contributed by atoms with Crippen molar-refractivity contribution in [2.24, 2.45) is 0 Å². The average molecular weight is 192 g/mol. The third kappa shape index (κ3) is 5.71. The van der Waals surface area contributed by atoms with Crippen molar-refractivity contribution in [2.75, 3.05) is 0 Å². The van der Waals surface area contributed by atoms with Gasteiger partial charge in [0.1, 0.15) is 6.29 Å². The fourth-order valence-electron chi connectivity index (χ4n) is 0.532. The van der Waals surface area contributed by atoms with Crippen LogP contribution < -0.4 is 0 Å². The van der Waals surface area contributed by atoms with Crippen molar-refractivity contribution in [2.45, 2.75) is 6.92 Å². The van der Waals surface area contributed by atoms with E-state index in [1.54, 1.807) is 12.1 Å². The van der Waals surface area contributed by atoms with Gasteiger partial charge in [-0.1, -0.05) is 36.9 Å². The molecule has 3 nitrogen and oxygen atoms in total. The zero-order valence-electron chi connectivity index (χ0n) is 7.93. The van der Waals surface area contributed by atoms with Crippen molar-refractivity contribution in [3.8, 4) is 0 Å². The summed E-state index contributed by atoms with van der Waals surface area (Å²) in [4.78, 5) is 19.6. The monoisotopic (exact) mass is 192 g/mol. The van der Waals surface area contributed by atoms with Crippen LogP contribution in [0.3, 0.4) is 0 Å². The van der Waals surface area contributed by atoms with Gasteiger partial charge in [0.15, 0.2) is 0 Å². The van der Waals surface area contributed by atoms with Crippen LogP contribution in [-0.4, -0.2) is 17.4 Å². The number of carbonyl (C=O) groups excluding carboxylic acids is 1. The van der Waals surface area contributed by atoms with Gasteiger partial charge in [-0.2, -0.15) is 0 Å². The summed E-state index contributed by atoms with van der Waals surface area (Å²) in [7, 11) is 0. The third-order valence-electron chi connectivity index (χ3n) is 1.30. The van der Waals surface area contributed by atoms with Crippen molar-refractivity contribution in [1.29, 1.82) is 0 Å². The van der Waals surface area contributed by atoms with E-state index in [1.165, 1.54) is 6.92 Å². The molecular weight excluding hydrogens is 180 g/mol. The first-order valence-corrected chi connectivity index (χ1v) is 3.97. The van der Waals surface area contributed by atoms with E-state index >= 15 is 0 Å². The summed E-state index contributed by atoms with van der Waals surface area (Å²) in [5.41, 5.74) is 0.905. The Morgan fingerprint density at radius 3 is 2.00 bits per heavy atom. The summed E-state index contributed by atoms with van der Waals surface area (Å²) in [5.74, 6) is -0.935. The molecule has 3 heteroatoms. The Morgan fingerprint density at radius 2 is 1.79 bits per heavy atom. The number of carbonyl (C=O) groups is 2. The molecule has 1 aromatic rings. The number of rotatable bonds is 2. The molecule has 0 bridgehead atoms. The quantitative estimate of drug-likeness (QED) is 0.577. The van der Waals surface area contributed by atoms with E-state index in [9.17, 15) is 9.59 Å². The van der Waals surface area contributed by atoms with Crippen LogP contribution in [0.5, 0.6) is 0 Å². The lowest BCUT2D eigenvalue weighted by Crippen LogP contribution is -1.92. The molecule has 0 aromatic heterocycles. The van der Waals surface area contributed by atoms with Crippen LogP contribution in [-0.2, 0) is 4.79 Å². The largest absolute Gasteiger partial charge is 0.478 e. The molecule has 0 saturated carbocycles. The van der Waals surface area contributed by atoms with Gasteiger partial charge in [0.25, 0.3) is 0 Å². The highest BCUT2D eigenvalue weighted by molar-refractivity contribution is 5.84. The van der Waals surface area contributed by atoms with Gasteiger partial charge in [-0.05, 0) is 6.92 Å². The van der Waals surface area contributed by atoms with Crippen molar-refractivity contribution >= 4 is 12.3 Å². The van der Waals surface area contributed by atoms with E-state index in [1.807, 2.05) is 18.2 Å². The predicted molar refractivity (Wildman–Crippen MR) is 54.3 cm³/mol. The molecule has 1 aromatic carbocycles. The van der Waals surface area contributed by atoms with Gasteiger partial charge in [0.05, 0.1) is 0 Å². The van der Waals surface area contributed by atoms with Gasteiger partial charge in [0, 0.05) is 11.1 Å². The summed E-state index contributed by atoms with van der Waals surface area (Å²) >= 11 is 0. The third-order valence-corrected chi connectivity index (χ3v) is 1.30. The number of hydrogen-bond donors (Lipinski definition) is 1. The van der Waals surface area contributed by atoms with E-state index in [-0.39, 0.29) is 5.57 Å². The van der Waals surface area contributed by atoms with Gasteiger partial charge in [-0.3, -0.25) is 4.79 Å². The topological polar surface area (TPSA) is 54.4 Å². The highest BCUT2D eigenvalue weighted by Gasteiger charge is 1.90. The zero-order valence-corrected chi connectivity index (χ0v) is 7.93. The molecule has 0 saturated heterocycles. The Morgan fingerprint density at radius 1 is 1.36 bits per heavy atom. The van der Waals surface area contributed by atoms with E-state index in [0.717, 1.165) is 11.8 Å². The Bertz CT molecular complexity index is 303. The molecule has 0 spiro atoms. The Balaban J connectivity index is 0.000000255. The Labute approximate surface area is 82.7 Å². The molecule has 0 amide bonds. The molecule has 14 heavy (non-hydrogen) atoms. The molecule has 0 unspecified atom stereocenters. The normalized spacial score (nSPS) is 8.07. The minimum absolute atomic E-state index is 0.176. The molecule has 1 rings (SSSR count). The van der Waals surface area contributed by atoms with Crippen LogP contribution >= 0.6 is 0 Å². The highest BCUT2D eigenvalue weighted by atomic mass is 16.4. The lowest BCUT2D eigenvalue weighted by atomic mass is 10.2. The lowest BCUT2D eigenvalue weighted by Gasteiger charge is -1.81. The SMILES string of the molecule is C=C(C)C(=O)O.O=Cc1ccccc1. The van der Waals surface area contributed by atoms with E-state index in [4.69, 9.17) is 5.11 Å². The maximum absolute atomic E-state index is 10.0. The van der Waals surface area contributed by atoms with Crippen LogP contribution in [0.2, 0.25) is 0 Å². The standard InChI is InChI=1S/C7H6O.C4H6O2/c8-6-7-4-2-1-3-5-7;1-3(2)4(5)6/h1-6H;1H2,2H3,(H,5,6). The molecule has 0 aliphatic carbocycles. The molecular formula is C11H12O3. The van der Waals surface area contributed by atoms with E-state index in [2.05, 4.69) is 6.58 Å². The number of hydrogen-bond acceptors (Lipinski definition) is 2. The maximum atomic E-state index is 10.0. The maximum Gasteiger partial charge on any atom is 0.330 e. The van der Waals surface area contributed by atoms with Crippen LogP contribution in [0.1, 0.15) is 17.3 Å². The van der Waals surface area contributed by atoms with Crippen LogP contribution in [0.15, 0.2) is 42.5 Å². The number of aliphatic carboxylic acids is 1. The zero-order chi connectivity index (χ0) is 11.0. The fraction of sp³-hybridized carbons (Fsp3) is 0.0909. The van der Waals surface area contributed by atoms with Crippen molar-refractivity contribution in [3.63, 3.8) is 0 Å². The second kappa shape index (κ2) is 6.60. The van der Waals surface area contributed by atoms with Crippen LogP contribution in [0, 0.1) is 0 Å². The highest BCUT2D eigenvalue weighted by Crippen LogP contribution is 1.91. The lowest BCUT2D eigenvalue weighted by molar-refractivity contribution is -0.132. The molecule has 74 valence electrons. The Kier molecular flexibility index (Phi) is 5.70. The predicted octanol–water partition coefficient (Wildman–Crippen LogP) is 2.15. The minimum Gasteiger partial charge on any atom is -0.478 e. The Hall–Kier alpha value is -1.90. The summed E-state index contributed by atoms with van der Waals surface area (Å²) in [5, 5.41) is 7.89. The molecule has 0 fully saturated rings. The average Bonchev–Trinajstić information content (AvgIpc) is 2.20. The molecule has 0 atom stereocenters. The van der Waals surface area contributed by atoms with Gasteiger partial charge >= 0.3 is 5.97 Å². The molecule has 0 radical (unpaired) electrons. The van der Waals surface area contributed by atoms with Crippen LogP contribution in [0.4, 0.5) is 0 Å². The van der Waals surface area contributed by atoms with Crippen molar-refractivity contribution in [1.82, 2.24) is 0 Å². The van der Waals surface area contributed by atoms with E-state index in [0.29, 0.717) is 0 Å². The molecule has 0 heterocycles. The summed E-state index contributed by atoms with van der Waals surface area (Å²) in [6.45, 7) is 4.60. The second-order valence-electron chi connectivity index (χ2n) is 2.61. The molecule has 0 aliphatic rings. The summed E-state index contributed by atoms with van der Waals surface area (Å²) in [6.07, 6.45) is 0.833. The first-order valence-electron chi connectivity index (χ1n) is 3.97. The van der Waals surface area contributed by atoms with Gasteiger partial charge in [-0.15, -0.1) is 0 Å². The minimum atomic E-state index is -0.935. The smallest absolute Gasteiger partial charge is 0.330 e. The second-order valence-corrected chi connectivity index (χ2v) is 2.61. The summed E-state index contributed by atoms with van der Waals surface area (Å²) in [6, 6.07) is 9.10. The van der Waals surface area contributed by atoms with Crippen LogP contribution in [0.25, 0.3) is 0 Å². The molecule has 1 N–H and O–H groups in total.